The van der Waals surface area contributed by atoms with Gasteiger partial charge in [-0.15, -0.1) is 0 Å². The van der Waals surface area contributed by atoms with Crippen molar-refractivity contribution in [2.24, 2.45) is 5.92 Å². The molecule has 0 spiro atoms. The van der Waals surface area contributed by atoms with Gasteiger partial charge in [-0.05, 0) is 81.7 Å². The monoisotopic (exact) mass is 338 g/mol. The van der Waals surface area contributed by atoms with Crippen molar-refractivity contribution < 1.29 is 9.53 Å². The zero-order valence-corrected chi connectivity index (χ0v) is 14.8. The van der Waals surface area contributed by atoms with Gasteiger partial charge in [0.05, 0.1) is 0 Å². The summed E-state index contributed by atoms with van der Waals surface area (Å²) in [6.07, 6.45) is 3.53. The van der Waals surface area contributed by atoms with Gasteiger partial charge in [-0.2, -0.15) is 0 Å². The van der Waals surface area contributed by atoms with E-state index in [-0.39, 0.29) is 5.91 Å². The third-order valence-electron chi connectivity index (χ3n) is 4.77. The average molecular weight is 338 g/mol. The molecule has 3 rings (SSSR count). The first-order chi connectivity index (χ1) is 12.2. The molecule has 0 unspecified atom stereocenters. The van der Waals surface area contributed by atoms with E-state index in [2.05, 4.69) is 17.3 Å². The number of amides is 1. The average Bonchev–Trinajstić information content (AvgIpc) is 2.65. The van der Waals surface area contributed by atoms with Crippen LogP contribution in [-0.4, -0.2) is 37.5 Å². The van der Waals surface area contributed by atoms with Gasteiger partial charge in [0.1, 0.15) is 11.5 Å². The van der Waals surface area contributed by atoms with Crippen molar-refractivity contribution in [1.29, 1.82) is 0 Å². The Morgan fingerprint density at radius 1 is 1.04 bits per heavy atom. The van der Waals surface area contributed by atoms with Crippen LogP contribution in [-0.2, 0) is 0 Å². The molecule has 0 aliphatic carbocycles. The largest absolute Gasteiger partial charge is 0.457 e. The predicted molar refractivity (Wildman–Crippen MR) is 100 cm³/mol. The number of hydrogen-bond donors (Lipinski definition) is 1. The number of benzene rings is 2. The molecule has 1 fully saturated rings. The lowest BCUT2D eigenvalue weighted by Gasteiger charge is -2.28. The van der Waals surface area contributed by atoms with Gasteiger partial charge in [-0.25, -0.2) is 0 Å². The Morgan fingerprint density at radius 2 is 1.68 bits per heavy atom. The van der Waals surface area contributed by atoms with Crippen LogP contribution in [0.4, 0.5) is 0 Å². The molecule has 0 bridgehead atoms. The van der Waals surface area contributed by atoms with Gasteiger partial charge in [0.15, 0.2) is 0 Å². The summed E-state index contributed by atoms with van der Waals surface area (Å²) in [7, 11) is 2.17. The van der Waals surface area contributed by atoms with E-state index in [1.807, 2.05) is 54.6 Å². The van der Waals surface area contributed by atoms with Crippen molar-refractivity contribution in [2.45, 2.75) is 19.3 Å². The van der Waals surface area contributed by atoms with E-state index >= 15 is 0 Å². The molecule has 4 nitrogen and oxygen atoms in total. The molecule has 0 aromatic heterocycles. The number of likely N-dealkylation sites (tertiary alicyclic amines) is 1. The summed E-state index contributed by atoms with van der Waals surface area (Å²) in [6, 6.07) is 16.9. The number of nitrogens with one attached hydrogen (secondary N) is 1. The smallest absolute Gasteiger partial charge is 0.251 e. The van der Waals surface area contributed by atoms with Gasteiger partial charge in [0.2, 0.25) is 0 Å². The number of carbonyl (C=O) groups is 1. The number of rotatable bonds is 6. The third kappa shape index (κ3) is 5.33. The van der Waals surface area contributed by atoms with Gasteiger partial charge in [0, 0.05) is 12.1 Å². The van der Waals surface area contributed by atoms with E-state index in [1.165, 1.54) is 25.9 Å². The van der Waals surface area contributed by atoms with Crippen LogP contribution in [0.25, 0.3) is 0 Å². The molecule has 0 saturated carbocycles. The standard InChI is InChI=1S/C21H26N2O2/c1-23-15-12-17(13-16-23)11-14-22-21(24)18-7-9-20(10-8-18)25-19-5-3-2-4-6-19/h2-10,17H,11-16H2,1H3,(H,22,24). The van der Waals surface area contributed by atoms with Gasteiger partial charge in [-0.3, -0.25) is 4.79 Å². The molecule has 2 aromatic rings. The molecule has 0 radical (unpaired) electrons. The van der Waals surface area contributed by atoms with Crippen molar-refractivity contribution >= 4 is 5.91 Å². The van der Waals surface area contributed by atoms with E-state index in [9.17, 15) is 4.79 Å². The maximum atomic E-state index is 12.2. The van der Waals surface area contributed by atoms with Crippen LogP contribution in [0, 0.1) is 5.92 Å². The van der Waals surface area contributed by atoms with E-state index in [4.69, 9.17) is 4.74 Å². The van der Waals surface area contributed by atoms with E-state index in [0.717, 1.165) is 30.4 Å². The summed E-state index contributed by atoms with van der Waals surface area (Å²) in [5.74, 6) is 2.24. The van der Waals surface area contributed by atoms with Gasteiger partial charge in [0.25, 0.3) is 5.91 Å². The first-order valence-corrected chi connectivity index (χ1v) is 9.00. The summed E-state index contributed by atoms with van der Waals surface area (Å²) in [5.41, 5.74) is 0.670. The van der Waals surface area contributed by atoms with E-state index in [1.54, 1.807) is 0 Å². The summed E-state index contributed by atoms with van der Waals surface area (Å²) in [4.78, 5) is 14.6. The second-order valence-electron chi connectivity index (χ2n) is 6.73. The minimum absolute atomic E-state index is 0.0146. The molecule has 2 aromatic carbocycles. The fourth-order valence-electron chi connectivity index (χ4n) is 3.14. The molecule has 4 heteroatoms. The Labute approximate surface area is 149 Å². The lowest BCUT2D eigenvalue weighted by Crippen LogP contribution is -2.32. The highest BCUT2D eigenvalue weighted by Gasteiger charge is 2.16. The third-order valence-corrected chi connectivity index (χ3v) is 4.77. The molecular formula is C21H26N2O2. The molecule has 1 aliphatic heterocycles. The van der Waals surface area contributed by atoms with Crippen LogP contribution in [0.2, 0.25) is 0 Å². The van der Waals surface area contributed by atoms with Crippen LogP contribution < -0.4 is 10.1 Å². The van der Waals surface area contributed by atoms with Crippen molar-refractivity contribution in [3.63, 3.8) is 0 Å². The Balaban J connectivity index is 1.44. The van der Waals surface area contributed by atoms with Crippen molar-refractivity contribution in [3.05, 3.63) is 60.2 Å². The molecule has 1 saturated heterocycles. The van der Waals surface area contributed by atoms with E-state index < -0.39 is 0 Å². The molecule has 132 valence electrons. The highest BCUT2D eigenvalue weighted by Crippen LogP contribution is 2.21. The van der Waals surface area contributed by atoms with Gasteiger partial charge >= 0.3 is 0 Å². The maximum Gasteiger partial charge on any atom is 0.251 e. The number of piperidine rings is 1. The van der Waals surface area contributed by atoms with Crippen molar-refractivity contribution in [3.8, 4) is 11.5 Å². The molecule has 1 amide bonds. The number of hydrogen-bond acceptors (Lipinski definition) is 3. The van der Waals surface area contributed by atoms with Gasteiger partial charge in [-0.1, -0.05) is 18.2 Å². The number of para-hydroxylation sites is 1. The zero-order chi connectivity index (χ0) is 17.5. The lowest BCUT2D eigenvalue weighted by atomic mass is 9.94. The highest BCUT2D eigenvalue weighted by molar-refractivity contribution is 5.94. The lowest BCUT2D eigenvalue weighted by molar-refractivity contribution is 0.0949. The quantitative estimate of drug-likeness (QED) is 0.867. The minimum Gasteiger partial charge on any atom is -0.457 e. The van der Waals surface area contributed by atoms with Crippen LogP contribution in [0.5, 0.6) is 11.5 Å². The molecule has 1 heterocycles. The minimum atomic E-state index is -0.0146. The van der Waals surface area contributed by atoms with Crippen LogP contribution in [0.3, 0.4) is 0 Å². The molecule has 1 N–H and O–H groups in total. The second kappa shape index (κ2) is 8.67. The predicted octanol–water partition coefficient (Wildman–Crippen LogP) is 3.94. The topological polar surface area (TPSA) is 41.6 Å². The van der Waals surface area contributed by atoms with Gasteiger partial charge < -0.3 is 15.0 Å². The Hall–Kier alpha value is -2.33. The molecular weight excluding hydrogens is 312 g/mol. The fourth-order valence-corrected chi connectivity index (χ4v) is 3.14. The van der Waals surface area contributed by atoms with Crippen molar-refractivity contribution in [1.82, 2.24) is 10.2 Å². The van der Waals surface area contributed by atoms with Crippen molar-refractivity contribution in [2.75, 3.05) is 26.7 Å². The first kappa shape index (κ1) is 17.5. The molecule has 0 atom stereocenters. The fraction of sp³-hybridized carbons (Fsp3) is 0.381. The summed E-state index contributed by atoms with van der Waals surface area (Å²) < 4.78 is 5.75. The maximum absolute atomic E-state index is 12.2. The SMILES string of the molecule is CN1CCC(CCNC(=O)c2ccc(Oc3ccccc3)cc2)CC1. The van der Waals surface area contributed by atoms with E-state index in [0.29, 0.717) is 5.56 Å². The molecule has 1 aliphatic rings. The molecule has 25 heavy (non-hydrogen) atoms. The number of carbonyl (C=O) groups excluding carboxylic acids is 1. The summed E-state index contributed by atoms with van der Waals surface area (Å²) >= 11 is 0. The van der Waals surface area contributed by atoms with Crippen LogP contribution in [0.1, 0.15) is 29.6 Å². The second-order valence-corrected chi connectivity index (χ2v) is 6.73. The highest BCUT2D eigenvalue weighted by atomic mass is 16.5. The summed E-state index contributed by atoms with van der Waals surface area (Å²) in [6.45, 7) is 3.08. The summed E-state index contributed by atoms with van der Waals surface area (Å²) in [5, 5.41) is 3.03. The zero-order valence-electron chi connectivity index (χ0n) is 14.8. The first-order valence-electron chi connectivity index (χ1n) is 9.00. The number of nitrogens with zero attached hydrogens (tertiary/aromatic N) is 1. The Bertz CT molecular complexity index is 662. The normalized spacial score (nSPS) is 15.7. The number of ether oxygens (including phenoxy) is 1. The Kier molecular flexibility index (Phi) is 6.07. The van der Waals surface area contributed by atoms with Crippen LogP contribution in [0.15, 0.2) is 54.6 Å². The van der Waals surface area contributed by atoms with Crippen LogP contribution >= 0.6 is 0 Å². The Morgan fingerprint density at radius 3 is 2.36 bits per heavy atom.